The van der Waals surface area contributed by atoms with E-state index in [9.17, 15) is 4.79 Å². The third-order valence-corrected chi connectivity index (χ3v) is 3.94. The maximum Gasteiger partial charge on any atom is 0.253 e. The number of hydrogen-bond donors (Lipinski definition) is 1. The summed E-state index contributed by atoms with van der Waals surface area (Å²) >= 11 is 3.35. The maximum absolute atomic E-state index is 12.2. The van der Waals surface area contributed by atoms with Crippen LogP contribution in [0.1, 0.15) is 10.4 Å². The van der Waals surface area contributed by atoms with Gasteiger partial charge in [-0.15, -0.1) is 0 Å². The molecule has 0 spiro atoms. The fourth-order valence-electron chi connectivity index (χ4n) is 1.99. The fraction of sp³-hybridized carbons (Fsp3) is 0.211. The molecule has 130 valence electrons. The van der Waals surface area contributed by atoms with Crippen LogP contribution in [0.3, 0.4) is 0 Å². The van der Waals surface area contributed by atoms with Crippen LogP contribution in [-0.2, 0) is 0 Å². The predicted molar refractivity (Wildman–Crippen MR) is 99.3 cm³/mol. The van der Waals surface area contributed by atoms with E-state index >= 15 is 0 Å². The zero-order valence-corrected chi connectivity index (χ0v) is 15.6. The van der Waals surface area contributed by atoms with E-state index < -0.39 is 0 Å². The molecule has 0 saturated carbocycles. The van der Waals surface area contributed by atoms with Crippen LogP contribution in [0.5, 0.6) is 17.2 Å². The van der Waals surface area contributed by atoms with Crippen LogP contribution in [0.15, 0.2) is 46.9 Å². The van der Waals surface area contributed by atoms with Gasteiger partial charge < -0.3 is 19.5 Å². The Kier molecular flexibility index (Phi) is 7.17. The molecule has 0 radical (unpaired) electrons. The van der Waals surface area contributed by atoms with Gasteiger partial charge in [-0.25, -0.2) is 0 Å². The van der Waals surface area contributed by atoms with E-state index in [4.69, 9.17) is 14.2 Å². The molecule has 1 N–H and O–H groups in total. The number of rotatable bonds is 6. The zero-order chi connectivity index (χ0) is 18.1. The number of ether oxygens (including phenoxy) is 3. The molecule has 1 amide bonds. The molecule has 0 heterocycles. The molecule has 0 atom stereocenters. The van der Waals surface area contributed by atoms with Crippen LogP contribution in [0.2, 0.25) is 0 Å². The molecule has 0 aliphatic carbocycles. The number of hydrogen-bond acceptors (Lipinski definition) is 4. The van der Waals surface area contributed by atoms with Gasteiger partial charge in [0.1, 0.15) is 12.4 Å². The van der Waals surface area contributed by atoms with Crippen molar-refractivity contribution in [3.8, 4) is 29.1 Å². The van der Waals surface area contributed by atoms with Crippen LogP contribution in [0.4, 0.5) is 0 Å². The number of carbonyl (C=O) groups is 1. The van der Waals surface area contributed by atoms with Crippen molar-refractivity contribution in [2.75, 3.05) is 27.4 Å². The molecule has 0 saturated heterocycles. The van der Waals surface area contributed by atoms with Gasteiger partial charge in [-0.2, -0.15) is 0 Å². The Bertz CT molecular complexity index is 795. The molecule has 0 aliphatic rings. The Labute approximate surface area is 155 Å². The lowest BCUT2D eigenvalue weighted by Gasteiger charge is -2.07. The number of halogens is 1. The van der Waals surface area contributed by atoms with Crippen LogP contribution >= 0.6 is 15.9 Å². The molecule has 5 nitrogen and oxygen atoms in total. The van der Waals surface area contributed by atoms with Gasteiger partial charge >= 0.3 is 0 Å². The van der Waals surface area contributed by atoms with Gasteiger partial charge in [0.25, 0.3) is 5.91 Å². The highest BCUT2D eigenvalue weighted by Crippen LogP contribution is 2.25. The number of para-hydroxylation sites is 2. The van der Waals surface area contributed by atoms with Gasteiger partial charge in [0.2, 0.25) is 0 Å². The van der Waals surface area contributed by atoms with Crippen molar-refractivity contribution in [1.82, 2.24) is 5.32 Å². The average molecular weight is 404 g/mol. The number of amides is 1. The highest BCUT2D eigenvalue weighted by molar-refractivity contribution is 9.10. The van der Waals surface area contributed by atoms with Crippen molar-refractivity contribution in [3.63, 3.8) is 0 Å². The Balaban J connectivity index is 1.83. The van der Waals surface area contributed by atoms with Crippen LogP contribution < -0.4 is 19.5 Å². The molecule has 6 heteroatoms. The van der Waals surface area contributed by atoms with Crippen molar-refractivity contribution in [1.29, 1.82) is 0 Å². The third kappa shape index (κ3) is 5.44. The normalized spacial score (nSPS) is 9.56. The number of carbonyl (C=O) groups excluding carboxylic acids is 1. The summed E-state index contributed by atoms with van der Waals surface area (Å²) in [7, 11) is 3.14. The molecule has 0 aliphatic heterocycles. The van der Waals surface area contributed by atoms with E-state index in [1.54, 1.807) is 32.4 Å². The molecule has 0 fully saturated rings. The largest absolute Gasteiger partial charge is 0.497 e. The second kappa shape index (κ2) is 9.60. The summed E-state index contributed by atoms with van der Waals surface area (Å²) in [5.74, 6) is 7.36. The van der Waals surface area contributed by atoms with Crippen molar-refractivity contribution in [2.45, 2.75) is 0 Å². The van der Waals surface area contributed by atoms with E-state index in [1.165, 1.54) is 0 Å². The second-order valence-corrected chi connectivity index (χ2v) is 5.68. The van der Waals surface area contributed by atoms with Gasteiger partial charge in [-0.1, -0.05) is 24.0 Å². The van der Waals surface area contributed by atoms with Gasteiger partial charge in [0, 0.05) is 4.47 Å². The first-order chi connectivity index (χ1) is 12.2. The number of methoxy groups -OCH3 is 2. The molecule has 2 aromatic rings. The van der Waals surface area contributed by atoms with E-state index in [2.05, 4.69) is 33.1 Å². The maximum atomic E-state index is 12.2. The Morgan fingerprint density at radius 2 is 1.84 bits per heavy atom. The van der Waals surface area contributed by atoms with Crippen molar-refractivity contribution >= 4 is 21.8 Å². The van der Waals surface area contributed by atoms with E-state index in [-0.39, 0.29) is 19.1 Å². The minimum absolute atomic E-state index is 0.207. The summed E-state index contributed by atoms with van der Waals surface area (Å²) < 4.78 is 16.5. The second-order valence-electron chi connectivity index (χ2n) is 4.82. The van der Waals surface area contributed by atoms with Crippen LogP contribution in [0.25, 0.3) is 0 Å². The first-order valence-corrected chi connectivity index (χ1v) is 8.28. The molecule has 2 aromatic carbocycles. The summed E-state index contributed by atoms with van der Waals surface area (Å²) in [5, 5.41) is 2.73. The monoisotopic (exact) mass is 403 g/mol. The summed E-state index contributed by atoms with van der Waals surface area (Å²) in [6, 6.07) is 12.5. The quantitative estimate of drug-likeness (QED) is 0.751. The minimum atomic E-state index is -0.231. The van der Waals surface area contributed by atoms with E-state index in [0.29, 0.717) is 27.3 Å². The molecular weight excluding hydrogens is 386 g/mol. The lowest BCUT2D eigenvalue weighted by Crippen LogP contribution is -2.24. The minimum Gasteiger partial charge on any atom is -0.497 e. The summed E-state index contributed by atoms with van der Waals surface area (Å²) in [6.45, 7) is 0.427. The first-order valence-electron chi connectivity index (χ1n) is 7.49. The predicted octanol–water partition coefficient (Wildman–Crippen LogP) is 3.28. The summed E-state index contributed by atoms with van der Waals surface area (Å²) in [5.41, 5.74) is 0.492. The lowest BCUT2D eigenvalue weighted by atomic mass is 10.2. The SMILES string of the molecule is COc1ccc(Br)c(C(=O)NCC#CCOc2ccccc2OC)c1. The zero-order valence-electron chi connectivity index (χ0n) is 14.0. The van der Waals surface area contributed by atoms with Gasteiger partial charge in [0.15, 0.2) is 11.5 Å². The van der Waals surface area contributed by atoms with E-state index in [1.807, 2.05) is 24.3 Å². The number of benzene rings is 2. The Hall–Kier alpha value is -2.65. The smallest absolute Gasteiger partial charge is 0.253 e. The topological polar surface area (TPSA) is 56.8 Å². The highest BCUT2D eigenvalue weighted by Gasteiger charge is 2.10. The Morgan fingerprint density at radius 3 is 2.56 bits per heavy atom. The van der Waals surface area contributed by atoms with Gasteiger partial charge in [-0.3, -0.25) is 4.79 Å². The first kappa shape index (κ1) is 18.7. The average Bonchev–Trinajstić information content (AvgIpc) is 2.65. The van der Waals surface area contributed by atoms with E-state index in [0.717, 1.165) is 0 Å². The molecule has 25 heavy (non-hydrogen) atoms. The molecular formula is C19H18BrNO4. The van der Waals surface area contributed by atoms with Crippen LogP contribution in [0, 0.1) is 11.8 Å². The van der Waals surface area contributed by atoms with Crippen molar-refractivity contribution < 1.29 is 19.0 Å². The molecule has 0 unspecified atom stereocenters. The number of nitrogens with one attached hydrogen (secondary N) is 1. The highest BCUT2D eigenvalue weighted by atomic mass is 79.9. The summed E-state index contributed by atoms with van der Waals surface area (Å²) in [4.78, 5) is 12.2. The Morgan fingerprint density at radius 1 is 1.08 bits per heavy atom. The standard InChI is InChI=1S/C19H18BrNO4/c1-23-14-9-10-16(20)15(13-14)19(22)21-11-5-6-12-25-18-8-4-3-7-17(18)24-2/h3-4,7-10,13H,11-12H2,1-2H3,(H,21,22). The molecule has 2 rings (SSSR count). The lowest BCUT2D eigenvalue weighted by molar-refractivity contribution is 0.0957. The van der Waals surface area contributed by atoms with Gasteiger partial charge in [0.05, 0.1) is 26.3 Å². The van der Waals surface area contributed by atoms with Crippen LogP contribution in [-0.4, -0.2) is 33.3 Å². The summed E-state index contributed by atoms with van der Waals surface area (Å²) in [6.07, 6.45) is 0. The molecule has 0 bridgehead atoms. The fourth-order valence-corrected chi connectivity index (χ4v) is 2.42. The van der Waals surface area contributed by atoms with Crippen molar-refractivity contribution in [2.24, 2.45) is 0 Å². The van der Waals surface area contributed by atoms with Gasteiger partial charge in [-0.05, 0) is 46.3 Å². The third-order valence-electron chi connectivity index (χ3n) is 3.25. The molecule has 0 aromatic heterocycles. The van der Waals surface area contributed by atoms with Crippen molar-refractivity contribution in [3.05, 3.63) is 52.5 Å².